The second-order valence-corrected chi connectivity index (χ2v) is 6.27. The van der Waals surface area contributed by atoms with Crippen molar-refractivity contribution in [2.45, 2.75) is 0 Å². The van der Waals surface area contributed by atoms with Crippen LogP contribution in [0.4, 0.5) is 11.4 Å². The van der Waals surface area contributed by atoms with Gasteiger partial charge in [-0.1, -0.05) is 60.7 Å². The standard InChI is InChI=1S/C24H20N2O4/c27-22(17-30-23(28)16-15-18-9-3-1-4-10-18)26-21-14-8-7-13-20(21)24(29)25-19-11-5-2-6-12-19/h1-16H,17H2,(H,25,29)(H,26,27)/b16-15+. The molecule has 0 aliphatic carbocycles. The fraction of sp³-hybridized carbons (Fsp3) is 0.0417. The predicted molar refractivity (Wildman–Crippen MR) is 116 cm³/mol. The molecule has 0 saturated carbocycles. The second-order valence-electron chi connectivity index (χ2n) is 6.27. The van der Waals surface area contributed by atoms with Crippen molar-refractivity contribution in [1.82, 2.24) is 0 Å². The zero-order valence-electron chi connectivity index (χ0n) is 16.1. The highest BCUT2D eigenvalue weighted by molar-refractivity contribution is 6.10. The number of hydrogen-bond acceptors (Lipinski definition) is 4. The van der Waals surface area contributed by atoms with Crippen LogP contribution in [0.1, 0.15) is 15.9 Å². The van der Waals surface area contributed by atoms with Crippen LogP contribution in [0.15, 0.2) is 91.0 Å². The van der Waals surface area contributed by atoms with E-state index >= 15 is 0 Å². The summed E-state index contributed by atoms with van der Waals surface area (Å²) in [4.78, 5) is 36.5. The van der Waals surface area contributed by atoms with Crippen molar-refractivity contribution in [2.75, 3.05) is 17.2 Å². The Balaban J connectivity index is 1.56. The van der Waals surface area contributed by atoms with Crippen LogP contribution in [-0.4, -0.2) is 24.4 Å². The number of esters is 1. The predicted octanol–water partition coefficient (Wildman–Crippen LogP) is 4.13. The number of nitrogens with one attached hydrogen (secondary N) is 2. The summed E-state index contributed by atoms with van der Waals surface area (Å²) in [6.45, 7) is -0.466. The topological polar surface area (TPSA) is 84.5 Å². The molecule has 0 radical (unpaired) electrons. The van der Waals surface area contributed by atoms with Crippen molar-refractivity contribution < 1.29 is 19.1 Å². The third-order valence-corrected chi connectivity index (χ3v) is 4.03. The van der Waals surface area contributed by atoms with E-state index in [1.54, 1.807) is 42.5 Å². The summed E-state index contributed by atoms with van der Waals surface area (Å²) in [5, 5.41) is 5.37. The third-order valence-electron chi connectivity index (χ3n) is 4.03. The molecule has 6 nitrogen and oxygen atoms in total. The molecule has 0 atom stereocenters. The number of rotatable bonds is 7. The quantitative estimate of drug-likeness (QED) is 0.461. The van der Waals surface area contributed by atoms with Gasteiger partial charge in [0.25, 0.3) is 11.8 Å². The molecule has 0 heterocycles. The highest BCUT2D eigenvalue weighted by Crippen LogP contribution is 2.17. The maximum absolute atomic E-state index is 12.5. The smallest absolute Gasteiger partial charge is 0.331 e. The van der Waals surface area contributed by atoms with Crippen LogP contribution >= 0.6 is 0 Å². The molecule has 30 heavy (non-hydrogen) atoms. The summed E-state index contributed by atoms with van der Waals surface area (Å²) < 4.78 is 4.96. The molecule has 0 aliphatic rings. The lowest BCUT2D eigenvalue weighted by molar-refractivity contribution is -0.142. The molecule has 0 unspecified atom stereocenters. The van der Waals surface area contributed by atoms with Gasteiger partial charge < -0.3 is 15.4 Å². The van der Waals surface area contributed by atoms with Gasteiger partial charge in [0.15, 0.2) is 6.61 Å². The van der Waals surface area contributed by atoms with Crippen molar-refractivity contribution in [3.63, 3.8) is 0 Å². The van der Waals surface area contributed by atoms with Crippen LogP contribution in [0.3, 0.4) is 0 Å². The molecule has 0 aromatic heterocycles. The second kappa shape index (κ2) is 10.4. The molecule has 0 aliphatic heterocycles. The Morgan fingerprint density at radius 3 is 2.13 bits per heavy atom. The molecule has 2 amide bonds. The van der Waals surface area contributed by atoms with E-state index in [0.29, 0.717) is 16.9 Å². The normalized spacial score (nSPS) is 10.4. The highest BCUT2D eigenvalue weighted by Gasteiger charge is 2.14. The molecule has 0 bridgehead atoms. The Hall–Kier alpha value is -4.19. The van der Waals surface area contributed by atoms with Gasteiger partial charge in [0.1, 0.15) is 0 Å². The van der Waals surface area contributed by atoms with E-state index in [-0.39, 0.29) is 5.91 Å². The van der Waals surface area contributed by atoms with E-state index in [1.807, 2.05) is 48.5 Å². The molecule has 2 N–H and O–H groups in total. The van der Waals surface area contributed by atoms with E-state index in [1.165, 1.54) is 6.08 Å². The van der Waals surface area contributed by atoms with Gasteiger partial charge in [-0.3, -0.25) is 9.59 Å². The van der Waals surface area contributed by atoms with Gasteiger partial charge in [0.05, 0.1) is 11.3 Å². The minimum atomic E-state index is -0.635. The number of carbonyl (C=O) groups is 3. The Bertz CT molecular complexity index is 1050. The Labute approximate surface area is 174 Å². The van der Waals surface area contributed by atoms with E-state index in [4.69, 9.17) is 4.74 Å². The van der Waals surface area contributed by atoms with Gasteiger partial charge >= 0.3 is 5.97 Å². The SMILES string of the molecule is O=C(COC(=O)/C=C/c1ccccc1)Nc1ccccc1C(=O)Nc1ccccc1. The zero-order valence-corrected chi connectivity index (χ0v) is 16.1. The number of ether oxygens (including phenoxy) is 1. The number of amides is 2. The average molecular weight is 400 g/mol. The van der Waals surface area contributed by atoms with E-state index < -0.39 is 18.5 Å². The Morgan fingerprint density at radius 1 is 0.767 bits per heavy atom. The van der Waals surface area contributed by atoms with Crippen LogP contribution in [0.2, 0.25) is 0 Å². The molecule has 3 rings (SSSR count). The molecule has 0 saturated heterocycles. The van der Waals surface area contributed by atoms with Crippen molar-refractivity contribution in [3.8, 4) is 0 Å². The van der Waals surface area contributed by atoms with Gasteiger partial charge in [-0.2, -0.15) is 0 Å². The lowest BCUT2D eigenvalue weighted by Gasteiger charge is -2.11. The van der Waals surface area contributed by atoms with Crippen molar-refractivity contribution >= 4 is 35.2 Å². The molecular weight excluding hydrogens is 380 g/mol. The first-order valence-electron chi connectivity index (χ1n) is 9.27. The molecular formula is C24H20N2O4. The van der Waals surface area contributed by atoms with E-state index in [2.05, 4.69) is 10.6 Å². The van der Waals surface area contributed by atoms with Gasteiger partial charge in [-0.25, -0.2) is 4.79 Å². The number of hydrogen-bond donors (Lipinski definition) is 2. The molecule has 0 spiro atoms. The zero-order chi connectivity index (χ0) is 21.2. The van der Waals surface area contributed by atoms with Gasteiger partial charge in [0, 0.05) is 11.8 Å². The first-order valence-corrected chi connectivity index (χ1v) is 9.27. The summed E-state index contributed by atoms with van der Waals surface area (Å²) in [5.74, 6) is -1.54. The minimum Gasteiger partial charge on any atom is -0.452 e. The van der Waals surface area contributed by atoms with Crippen LogP contribution < -0.4 is 10.6 Å². The minimum absolute atomic E-state index is 0.296. The molecule has 3 aromatic rings. The highest BCUT2D eigenvalue weighted by atomic mass is 16.5. The first-order chi connectivity index (χ1) is 14.6. The summed E-state index contributed by atoms with van der Waals surface area (Å²) in [7, 11) is 0. The monoisotopic (exact) mass is 400 g/mol. The Kier molecular flexibility index (Phi) is 7.11. The summed E-state index contributed by atoms with van der Waals surface area (Å²) in [6.07, 6.45) is 2.85. The Morgan fingerprint density at radius 2 is 1.40 bits per heavy atom. The maximum atomic E-state index is 12.5. The largest absolute Gasteiger partial charge is 0.452 e. The summed E-state index contributed by atoms with van der Waals surface area (Å²) in [6, 6.07) is 24.9. The van der Waals surface area contributed by atoms with Crippen molar-refractivity contribution in [2.24, 2.45) is 0 Å². The summed E-state index contributed by atoms with van der Waals surface area (Å²) >= 11 is 0. The number of anilines is 2. The van der Waals surface area contributed by atoms with Gasteiger partial charge in [0.2, 0.25) is 0 Å². The van der Waals surface area contributed by atoms with Crippen LogP contribution in [0, 0.1) is 0 Å². The van der Waals surface area contributed by atoms with Crippen LogP contribution in [0.25, 0.3) is 6.08 Å². The van der Waals surface area contributed by atoms with E-state index in [9.17, 15) is 14.4 Å². The molecule has 6 heteroatoms. The van der Waals surface area contributed by atoms with Crippen LogP contribution in [-0.2, 0) is 14.3 Å². The summed E-state index contributed by atoms with van der Waals surface area (Å²) in [5.41, 5.74) is 2.11. The lowest BCUT2D eigenvalue weighted by atomic mass is 10.1. The third kappa shape index (κ3) is 6.17. The van der Waals surface area contributed by atoms with E-state index in [0.717, 1.165) is 5.56 Å². The average Bonchev–Trinajstić information content (AvgIpc) is 2.78. The van der Waals surface area contributed by atoms with Crippen LogP contribution in [0.5, 0.6) is 0 Å². The number of benzene rings is 3. The van der Waals surface area contributed by atoms with Gasteiger partial charge in [-0.15, -0.1) is 0 Å². The number of carbonyl (C=O) groups excluding carboxylic acids is 3. The fourth-order valence-electron chi connectivity index (χ4n) is 2.61. The molecule has 150 valence electrons. The number of para-hydroxylation sites is 2. The molecule has 0 fully saturated rings. The molecule has 3 aromatic carbocycles. The van der Waals surface area contributed by atoms with Crippen molar-refractivity contribution in [3.05, 3.63) is 102 Å². The van der Waals surface area contributed by atoms with Crippen molar-refractivity contribution in [1.29, 1.82) is 0 Å². The lowest BCUT2D eigenvalue weighted by Crippen LogP contribution is -2.22. The fourth-order valence-corrected chi connectivity index (χ4v) is 2.61. The maximum Gasteiger partial charge on any atom is 0.331 e. The van der Waals surface area contributed by atoms with Gasteiger partial charge in [-0.05, 0) is 35.9 Å². The first kappa shape index (κ1) is 20.5.